The normalized spacial score (nSPS) is 14.9. The Hall–Kier alpha value is -6.70. The third-order valence-electron chi connectivity index (χ3n) is 10.6. The van der Waals surface area contributed by atoms with Crippen molar-refractivity contribution in [2.75, 3.05) is 4.90 Å². The lowest BCUT2D eigenvalue weighted by atomic mass is 9.92. The van der Waals surface area contributed by atoms with E-state index in [1.165, 1.54) is 72.1 Å². The summed E-state index contributed by atoms with van der Waals surface area (Å²) < 4.78 is 0. The van der Waals surface area contributed by atoms with Crippen LogP contribution in [-0.4, -0.2) is 0 Å². The van der Waals surface area contributed by atoms with Gasteiger partial charge in [-0.05, 0) is 103 Å². The molecule has 0 aromatic heterocycles. The van der Waals surface area contributed by atoms with E-state index in [2.05, 4.69) is 224 Å². The van der Waals surface area contributed by atoms with Crippen molar-refractivity contribution >= 4 is 22.1 Å². The Labute approximate surface area is 312 Å². The molecular formula is C52H39N. The van der Waals surface area contributed by atoms with Crippen molar-refractivity contribution in [3.05, 3.63) is 229 Å². The van der Waals surface area contributed by atoms with E-state index >= 15 is 0 Å². The second kappa shape index (κ2) is 14.1. The molecule has 1 atom stereocenters. The maximum absolute atomic E-state index is 2.41. The predicted octanol–water partition coefficient (Wildman–Crippen LogP) is 14.2. The third kappa shape index (κ3) is 6.39. The number of hydrogen-bond donors (Lipinski definition) is 0. The Morgan fingerprint density at radius 2 is 0.943 bits per heavy atom. The largest absolute Gasteiger partial charge is 0.310 e. The Balaban J connectivity index is 1.08. The van der Waals surface area contributed by atoms with E-state index in [1.807, 2.05) is 0 Å². The van der Waals surface area contributed by atoms with Gasteiger partial charge in [0.2, 0.25) is 0 Å². The fourth-order valence-corrected chi connectivity index (χ4v) is 7.71. The molecule has 7 aromatic rings. The molecule has 0 aliphatic heterocycles. The van der Waals surface area contributed by atoms with Gasteiger partial charge >= 0.3 is 0 Å². The number of rotatable bonds is 7. The van der Waals surface area contributed by atoms with Gasteiger partial charge in [0.05, 0.1) is 0 Å². The molecule has 2 aliphatic rings. The number of hydrogen-bond acceptors (Lipinski definition) is 1. The predicted molar refractivity (Wildman–Crippen MR) is 226 cm³/mol. The van der Waals surface area contributed by atoms with Crippen LogP contribution in [0.2, 0.25) is 0 Å². The molecule has 0 radical (unpaired) electrons. The van der Waals surface area contributed by atoms with Gasteiger partial charge in [0.1, 0.15) is 0 Å². The molecule has 7 aromatic carbocycles. The quantitative estimate of drug-likeness (QED) is 0.162. The topological polar surface area (TPSA) is 3.24 Å². The zero-order chi connectivity index (χ0) is 35.6. The summed E-state index contributed by atoms with van der Waals surface area (Å²) in [5, 5.41) is 2.53. The molecule has 2 aliphatic carbocycles. The molecule has 0 unspecified atom stereocenters. The molecule has 0 N–H and O–H groups in total. The summed E-state index contributed by atoms with van der Waals surface area (Å²) in [5.74, 6) is 0.260. The molecule has 9 rings (SSSR count). The van der Waals surface area contributed by atoms with E-state index < -0.39 is 0 Å². The lowest BCUT2D eigenvalue weighted by Gasteiger charge is -2.30. The minimum absolute atomic E-state index is 0.260. The number of anilines is 2. The molecule has 252 valence electrons. The summed E-state index contributed by atoms with van der Waals surface area (Å²) in [6.45, 7) is 2.31. The summed E-state index contributed by atoms with van der Waals surface area (Å²) in [6, 6.07) is 61.6. The highest BCUT2D eigenvalue weighted by Crippen LogP contribution is 2.40. The molecule has 0 heterocycles. The zero-order valence-electron chi connectivity index (χ0n) is 29.7. The number of allylic oxidation sites excluding steroid dienone is 9. The summed E-state index contributed by atoms with van der Waals surface area (Å²) in [4.78, 5) is 2.41. The fraction of sp³-hybridized carbons (Fsp3) is 0.0385. The van der Waals surface area contributed by atoms with Crippen molar-refractivity contribution in [1.82, 2.24) is 0 Å². The van der Waals surface area contributed by atoms with Crippen molar-refractivity contribution in [1.29, 1.82) is 0 Å². The van der Waals surface area contributed by atoms with Gasteiger partial charge in [0, 0.05) is 23.0 Å². The van der Waals surface area contributed by atoms with Crippen molar-refractivity contribution in [2.24, 2.45) is 5.92 Å². The van der Waals surface area contributed by atoms with Gasteiger partial charge in [-0.15, -0.1) is 0 Å². The first kappa shape index (κ1) is 32.2. The monoisotopic (exact) mass is 677 g/mol. The van der Waals surface area contributed by atoms with Gasteiger partial charge in [0.15, 0.2) is 0 Å². The van der Waals surface area contributed by atoms with Crippen molar-refractivity contribution < 1.29 is 0 Å². The molecule has 0 fully saturated rings. The third-order valence-corrected chi connectivity index (χ3v) is 10.6. The van der Waals surface area contributed by atoms with Crippen LogP contribution in [0.5, 0.6) is 0 Å². The molecule has 2 bridgehead atoms. The van der Waals surface area contributed by atoms with Crippen LogP contribution in [0.3, 0.4) is 0 Å². The second-order valence-electron chi connectivity index (χ2n) is 13.8. The summed E-state index contributed by atoms with van der Waals surface area (Å²) >= 11 is 0. The summed E-state index contributed by atoms with van der Waals surface area (Å²) in [5.41, 5.74) is 15.7. The van der Waals surface area contributed by atoms with Crippen LogP contribution in [-0.2, 0) is 0 Å². The minimum atomic E-state index is 0.260. The Kier molecular flexibility index (Phi) is 8.60. The summed E-state index contributed by atoms with van der Waals surface area (Å²) in [6.07, 6.45) is 15.5. The van der Waals surface area contributed by atoms with Gasteiger partial charge in [-0.3, -0.25) is 0 Å². The van der Waals surface area contributed by atoms with Crippen LogP contribution in [0.4, 0.5) is 11.4 Å². The molecule has 1 heteroatoms. The van der Waals surface area contributed by atoms with Crippen molar-refractivity contribution in [2.45, 2.75) is 6.92 Å². The lowest BCUT2D eigenvalue weighted by Crippen LogP contribution is -2.18. The molecule has 53 heavy (non-hydrogen) atoms. The molecule has 0 saturated heterocycles. The van der Waals surface area contributed by atoms with Crippen LogP contribution >= 0.6 is 0 Å². The van der Waals surface area contributed by atoms with Gasteiger partial charge in [-0.2, -0.15) is 0 Å². The van der Waals surface area contributed by atoms with Gasteiger partial charge in [-0.25, -0.2) is 0 Å². The van der Waals surface area contributed by atoms with E-state index in [4.69, 9.17) is 0 Å². The Morgan fingerprint density at radius 1 is 0.415 bits per heavy atom. The van der Waals surface area contributed by atoms with Crippen molar-refractivity contribution in [3.63, 3.8) is 0 Å². The second-order valence-corrected chi connectivity index (χ2v) is 13.8. The van der Waals surface area contributed by atoms with E-state index in [0.717, 1.165) is 11.4 Å². The van der Waals surface area contributed by atoms with Crippen molar-refractivity contribution in [3.8, 4) is 44.5 Å². The number of fused-ring (bicyclic) bond motifs is 3. The first-order valence-corrected chi connectivity index (χ1v) is 18.4. The smallest absolute Gasteiger partial charge is 0.0499 e. The maximum Gasteiger partial charge on any atom is 0.0499 e. The average Bonchev–Trinajstić information content (AvgIpc) is 3.51. The number of nitrogens with zero attached hydrogens (tertiary/aromatic N) is 1. The summed E-state index contributed by atoms with van der Waals surface area (Å²) in [7, 11) is 0. The van der Waals surface area contributed by atoms with Crippen LogP contribution in [0.1, 0.15) is 6.92 Å². The number of benzene rings is 7. The van der Waals surface area contributed by atoms with Crippen LogP contribution in [0, 0.1) is 5.92 Å². The first-order chi connectivity index (χ1) is 26.2. The highest BCUT2D eigenvalue weighted by molar-refractivity contribution is 5.97. The average molecular weight is 678 g/mol. The Bertz CT molecular complexity index is 2570. The van der Waals surface area contributed by atoms with Gasteiger partial charge in [0.25, 0.3) is 0 Å². The lowest BCUT2D eigenvalue weighted by molar-refractivity contribution is 0.839. The minimum Gasteiger partial charge on any atom is -0.310 e. The zero-order valence-corrected chi connectivity index (χ0v) is 29.7. The van der Waals surface area contributed by atoms with E-state index in [0.29, 0.717) is 0 Å². The van der Waals surface area contributed by atoms with E-state index in [-0.39, 0.29) is 5.92 Å². The van der Waals surface area contributed by atoms with Gasteiger partial charge < -0.3 is 4.90 Å². The van der Waals surface area contributed by atoms with E-state index in [1.54, 1.807) is 0 Å². The first-order valence-electron chi connectivity index (χ1n) is 18.4. The van der Waals surface area contributed by atoms with Crippen LogP contribution < -0.4 is 4.90 Å². The van der Waals surface area contributed by atoms with Crippen LogP contribution in [0.15, 0.2) is 229 Å². The highest BCUT2D eigenvalue weighted by atomic mass is 15.1. The molecule has 1 nitrogen and oxygen atoms in total. The molecule has 0 amide bonds. The van der Waals surface area contributed by atoms with Crippen LogP contribution in [0.25, 0.3) is 55.3 Å². The fourth-order valence-electron chi connectivity index (χ4n) is 7.71. The molecule has 0 saturated carbocycles. The SMILES string of the molecule is C[C@H]1C2=CC=CC(N(c3ccc(-c4ccc(-c5ccccc5)cc4)cc3)c3ccc(-c4cccc(-c5cccc6ccccc56)c4)cc3)=C1C=CC=C2. The molecular weight excluding hydrogens is 639 g/mol. The maximum atomic E-state index is 2.41. The van der Waals surface area contributed by atoms with E-state index in [9.17, 15) is 0 Å². The highest BCUT2D eigenvalue weighted by Gasteiger charge is 2.23. The van der Waals surface area contributed by atoms with Gasteiger partial charge in [-0.1, -0.05) is 183 Å². The molecule has 0 spiro atoms. The Morgan fingerprint density at radius 3 is 1.66 bits per heavy atom. The standard InChI is InChI=1S/C52H39N/c1-37-38-12-5-7-20-49(37)52(23-11-16-38)53(47-32-28-42(29-33-47)41-26-24-40(25-27-41)39-13-3-2-4-14-39)48-34-30-43(31-35-48)45-18-9-19-46(36-45)51-22-10-17-44-15-6-8-21-50(44)51/h2-37H,1H3/t37-/m0/s1.